The van der Waals surface area contributed by atoms with Crippen molar-refractivity contribution in [1.82, 2.24) is 9.88 Å². The van der Waals surface area contributed by atoms with Gasteiger partial charge in [0.15, 0.2) is 0 Å². The zero-order chi connectivity index (χ0) is 14.1. The van der Waals surface area contributed by atoms with Crippen molar-refractivity contribution >= 4 is 11.9 Å². The number of carbonyl (C=O) groups excluding carboxylic acids is 1. The Morgan fingerprint density at radius 1 is 1.30 bits per heavy atom. The van der Waals surface area contributed by atoms with Crippen LogP contribution in [0, 0.1) is 5.92 Å². The smallest absolute Gasteiger partial charge is 0.354 e. The van der Waals surface area contributed by atoms with Crippen LogP contribution in [0.2, 0.25) is 0 Å². The molecule has 0 bridgehead atoms. The first-order chi connectivity index (χ1) is 9.66. The molecule has 1 saturated carbocycles. The number of nitrogens with zero attached hydrogens (tertiary/aromatic N) is 2. The van der Waals surface area contributed by atoms with Gasteiger partial charge < -0.3 is 14.7 Å². The van der Waals surface area contributed by atoms with Crippen molar-refractivity contribution in [3.63, 3.8) is 0 Å². The molecule has 1 unspecified atom stereocenters. The van der Waals surface area contributed by atoms with Gasteiger partial charge in [0.2, 0.25) is 0 Å². The molecule has 1 aromatic rings. The zero-order valence-corrected chi connectivity index (χ0v) is 11.0. The minimum absolute atomic E-state index is 0.103. The van der Waals surface area contributed by atoms with Crippen molar-refractivity contribution in [1.29, 1.82) is 0 Å². The summed E-state index contributed by atoms with van der Waals surface area (Å²) in [4.78, 5) is 29.2. The molecular weight excluding hydrogens is 260 g/mol. The number of carbonyl (C=O) groups is 2. The number of carboxylic acid groups (broad SMARTS) is 1. The van der Waals surface area contributed by atoms with Crippen molar-refractivity contribution in [3.8, 4) is 0 Å². The number of pyridine rings is 1. The molecule has 1 aliphatic carbocycles. The highest BCUT2D eigenvalue weighted by Crippen LogP contribution is 2.36. The first kappa shape index (κ1) is 13.1. The normalized spacial score (nSPS) is 22.6. The van der Waals surface area contributed by atoms with Crippen molar-refractivity contribution in [2.75, 3.05) is 19.8 Å². The minimum atomic E-state index is -1.12. The Morgan fingerprint density at radius 2 is 2.05 bits per heavy atom. The summed E-state index contributed by atoms with van der Waals surface area (Å²) >= 11 is 0. The van der Waals surface area contributed by atoms with Crippen LogP contribution in [-0.2, 0) is 4.74 Å². The average molecular weight is 276 g/mol. The molecular formula is C14H16N2O4. The predicted molar refractivity (Wildman–Crippen MR) is 69.6 cm³/mol. The molecule has 6 heteroatoms. The van der Waals surface area contributed by atoms with Crippen molar-refractivity contribution in [2.24, 2.45) is 5.92 Å². The molecule has 1 N–H and O–H groups in total. The number of ether oxygens (including phenoxy) is 1. The molecule has 2 fully saturated rings. The topological polar surface area (TPSA) is 79.7 Å². The standard InChI is InChI=1S/C14H16N2O4/c17-13(10-2-1-3-11(15-10)14(18)19)16-6-7-20-8-12(16)9-4-5-9/h1-3,9,12H,4-8H2,(H,18,19). The fourth-order valence-corrected chi connectivity index (χ4v) is 2.57. The van der Waals surface area contributed by atoms with E-state index in [4.69, 9.17) is 9.84 Å². The molecule has 1 aromatic heterocycles. The number of rotatable bonds is 3. The fourth-order valence-electron chi connectivity index (χ4n) is 2.57. The Kier molecular flexibility index (Phi) is 3.40. The number of morpholine rings is 1. The number of amides is 1. The Labute approximate surface area is 116 Å². The molecule has 0 radical (unpaired) electrons. The van der Waals surface area contributed by atoms with Crippen LogP contribution in [0.4, 0.5) is 0 Å². The lowest BCUT2D eigenvalue weighted by atomic mass is 10.1. The van der Waals surface area contributed by atoms with Crippen molar-refractivity contribution < 1.29 is 19.4 Å². The Balaban J connectivity index is 1.83. The van der Waals surface area contributed by atoms with Gasteiger partial charge in [0, 0.05) is 6.54 Å². The molecule has 6 nitrogen and oxygen atoms in total. The van der Waals surface area contributed by atoms with Gasteiger partial charge in [0.25, 0.3) is 5.91 Å². The Bertz CT molecular complexity index is 542. The molecule has 1 aliphatic heterocycles. The maximum Gasteiger partial charge on any atom is 0.354 e. The van der Waals surface area contributed by atoms with Crippen LogP contribution in [0.5, 0.6) is 0 Å². The van der Waals surface area contributed by atoms with Gasteiger partial charge >= 0.3 is 5.97 Å². The van der Waals surface area contributed by atoms with E-state index in [1.54, 1.807) is 17.0 Å². The highest BCUT2D eigenvalue weighted by atomic mass is 16.5. The molecule has 1 amide bonds. The van der Waals surface area contributed by atoms with Gasteiger partial charge in [-0.3, -0.25) is 4.79 Å². The monoisotopic (exact) mass is 276 g/mol. The lowest BCUT2D eigenvalue weighted by Gasteiger charge is -2.35. The van der Waals surface area contributed by atoms with E-state index in [1.807, 2.05) is 0 Å². The summed E-state index contributed by atoms with van der Waals surface area (Å²) in [5, 5.41) is 8.94. The summed E-state index contributed by atoms with van der Waals surface area (Å²) in [6.45, 7) is 1.63. The lowest BCUT2D eigenvalue weighted by Crippen LogP contribution is -2.50. The highest BCUT2D eigenvalue weighted by molar-refractivity contribution is 5.94. The van der Waals surface area contributed by atoms with Crippen LogP contribution in [0.3, 0.4) is 0 Å². The molecule has 1 saturated heterocycles. The van der Waals surface area contributed by atoms with Gasteiger partial charge in [0.1, 0.15) is 11.4 Å². The van der Waals surface area contributed by atoms with Crippen molar-refractivity contribution in [3.05, 3.63) is 29.6 Å². The molecule has 20 heavy (non-hydrogen) atoms. The van der Waals surface area contributed by atoms with Crippen LogP contribution >= 0.6 is 0 Å². The summed E-state index contributed by atoms with van der Waals surface area (Å²) < 4.78 is 5.45. The maximum atomic E-state index is 12.5. The second-order valence-corrected chi connectivity index (χ2v) is 5.19. The molecule has 0 spiro atoms. The van der Waals surface area contributed by atoms with Gasteiger partial charge in [-0.25, -0.2) is 9.78 Å². The fraction of sp³-hybridized carbons (Fsp3) is 0.500. The van der Waals surface area contributed by atoms with E-state index < -0.39 is 5.97 Å². The lowest BCUT2D eigenvalue weighted by molar-refractivity contribution is -0.00864. The van der Waals surface area contributed by atoms with Gasteiger partial charge in [-0.2, -0.15) is 0 Å². The summed E-state index contributed by atoms with van der Waals surface area (Å²) in [6.07, 6.45) is 2.25. The summed E-state index contributed by atoms with van der Waals surface area (Å²) in [5.74, 6) is -0.810. The molecule has 2 aliphatic rings. The van der Waals surface area contributed by atoms with Crippen molar-refractivity contribution in [2.45, 2.75) is 18.9 Å². The zero-order valence-electron chi connectivity index (χ0n) is 11.0. The SMILES string of the molecule is O=C(O)c1cccc(C(=O)N2CCOCC2C2CC2)n1. The highest BCUT2D eigenvalue weighted by Gasteiger charge is 2.39. The van der Waals surface area contributed by atoms with Gasteiger partial charge in [-0.1, -0.05) is 6.07 Å². The van der Waals surface area contributed by atoms with Crippen LogP contribution in [-0.4, -0.2) is 52.7 Å². The maximum absolute atomic E-state index is 12.5. The number of aromatic carboxylic acids is 1. The second kappa shape index (κ2) is 5.20. The Hall–Kier alpha value is -1.95. The molecule has 3 rings (SSSR count). The van der Waals surface area contributed by atoms with E-state index >= 15 is 0 Å². The molecule has 1 atom stereocenters. The Morgan fingerprint density at radius 3 is 2.75 bits per heavy atom. The average Bonchev–Trinajstić information content (AvgIpc) is 3.31. The molecule has 106 valence electrons. The third-order valence-corrected chi connectivity index (χ3v) is 3.78. The first-order valence-electron chi connectivity index (χ1n) is 6.76. The van der Waals surface area contributed by atoms with Crippen LogP contribution < -0.4 is 0 Å². The van der Waals surface area contributed by atoms with E-state index in [2.05, 4.69) is 4.98 Å². The molecule has 0 aromatic carbocycles. The van der Waals surface area contributed by atoms with Gasteiger partial charge in [-0.15, -0.1) is 0 Å². The quantitative estimate of drug-likeness (QED) is 0.892. The van der Waals surface area contributed by atoms with Crippen LogP contribution in [0.25, 0.3) is 0 Å². The second-order valence-electron chi connectivity index (χ2n) is 5.19. The number of hydrogen-bond donors (Lipinski definition) is 1. The summed E-state index contributed by atoms with van der Waals surface area (Å²) in [6, 6.07) is 4.60. The van der Waals surface area contributed by atoms with E-state index in [0.717, 1.165) is 12.8 Å². The third-order valence-electron chi connectivity index (χ3n) is 3.78. The minimum Gasteiger partial charge on any atom is -0.477 e. The third kappa shape index (κ3) is 2.51. The van der Waals surface area contributed by atoms with Crippen LogP contribution in [0.1, 0.15) is 33.8 Å². The van der Waals surface area contributed by atoms with E-state index in [9.17, 15) is 9.59 Å². The number of carboxylic acids is 1. The first-order valence-corrected chi connectivity index (χ1v) is 6.76. The van der Waals surface area contributed by atoms with E-state index in [-0.39, 0.29) is 23.3 Å². The summed E-state index contributed by atoms with van der Waals surface area (Å²) in [7, 11) is 0. The number of hydrogen-bond acceptors (Lipinski definition) is 4. The van der Waals surface area contributed by atoms with Gasteiger partial charge in [-0.05, 0) is 30.9 Å². The van der Waals surface area contributed by atoms with E-state index in [1.165, 1.54) is 6.07 Å². The van der Waals surface area contributed by atoms with E-state index in [0.29, 0.717) is 25.7 Å². The summed E-state index contributed by atoms with van der Waals surface area (Å²) in [5.41, 5.74) is 0.0875. The number of aromatic nitrogens is 1. The van der Waals surface area contributed by atoms with Crippen LogP contribution in [0.15, 0.2) is 18.2 Å². The predicted octanol–water partition coefficient (Wildman–Crippen LogP) is 1.03. The largest absolute Gasteiger partial charge is 0.477 e. The molecule has 2 heterocycles. The van der Waals surface area contributed by atoms with Gasteiger partial charge in [0.05, 0.1) is 19.3 Å².